The van der Waals surface area contributed by atoms with E-state index in [-0.39, 0.29) is 0 Å². The molecule has 0 N–H and O–H groups in total. The van der Waals surface area contributed by atoms with Gasteiger partial charge in [-0.3, -0.25) is 0 Å². The second-order valence-electron chi connectivity index (χ2n) is 5.01. The van der Waals surface area contributed by atoms with Crippen molar-refractivity contribution in [3.05, 3.63) is 64.2 Å². The highest BCUT2D eigenvalue weighted by molar-refractivity contribution is 5.45. The van der Waals surface area contributed by atoms with Crippen molar-refractivity contribution in [1.82, 2.24) is 0 Å². The minimum Gasteiger partial charge on any atom is -0.496 e. The number of rotatable bonds is 4. The molecule has 2 aromatic rings. The Morgan fingerprint density at radius 3 is 2.30 bits per heavy atom. The van der Waals surface area contributed by atoms with E-state index in [4.69, 9.17) is 10.00 Å². The molecular formula is C18H19NO. The Morgan fingerprint density at radius 1 is 1.00 bits per heavy atom. The van der Waals surface area contributed by atoms with Crippen LogP contribution in [0.5, 0.6) is 5.75 Å². The third-order valence-corrected chi connectivity index (χ3v) is 3.73. The van der Waals surface area contributed by atoms with Gasteiger partial charge in [-0.2, -0.15) is 5.26 Å². The Hall–Kier alpha value is -2.27. The summed E-state index contributed by atoms with van der Waals surface area (Å²) >= 11 is 0. The van der Waals surface area contributed by atoms with Crippen LogP contribution in [0.4, 0.5) is 0 Å². The highest BCUT2D eigenvalue weighted by Gasteiger charge is 2.08. The van der Waals surface area contributed by atoms with E-state index in [0.717, 1.165) is 18.6 Å². The summed E-state index contributed by atoms with van der Waals surface area (Å²) in [6.45, 7) is 4.20. The Morgan fingerprint density at radius 2 is 1.70 bits per heavy atom. The van der Waals surface area contributed by atoms with Gasteiger partial charge >= 0.3 is 0 Å². The van der Waals surface area contributed by atoms with Gasteiger partial charge in [0.1, 0.15) is 5.75 Å². The van der Waals surface area contributed by atoms with Crippen molar-refractivity contribution in [2.24, 2.45) is 0 Å². The topological polar surface area (TPSA) is 33.0 Å². The maximum absolute atomic E-state index is 8.79. The third kappa shape index (κ3) is 3.00. The normalized spacial score (nSPS) is 10.1. The lowest BCUT2D eigenvalue weighted by molar-refractivity contribution is 0.406. The van der Waals surface area contributed by atoms with E-state index in [0.29, 0.717) is 5.56 Å². The molecule has 102 valence electrons. The molecule has 0 saturated heterocycles. The van der Waals surface area contributed by atoms with Crippen molar-refractivity contribution in [2.75, 3.05) is 7.11 Å². The second kappa shape index (κ2) is 6.25. The van der Waals surface area contributed by atoms with Crippen LogP contribution in [0.15, 0.2) is 36.4 Å². The standard InChI is InChI=1S/C18H19NO/c1-13-4-10-17(18(20-3)14(13)2)11-9-15-5-7-16(12-19)8-6-15/h4-8,10H,9,11H2,1-3H3. The first kappa shape index (κ1) is 14.1. The average molecular weight is 265 g/mol. The largest absolute Gasteiger partial charge is 0.496 e. The third-order valence-electron chi connectivity index (χ3n) is 3.73. The van der Waals surface area contributed by atoms with Gasteiger partial charge in [0, 0.05) is 0 Å². The lowest BCUT2D eigenvalue weighted by atomic mass is 9.98. The molecule has 0 bridgehead atoms. The molecular weight excluding hydrogens is 246 g/mol. The molecule has 0 aliphatic heterocycles. The van der Waals surface area contributed by atoms with Crippen LogP contribution < -0.4 is 4.74 Å². The molecule has 0 radical (unpaired) electrons. The number of ether oxygens (including phenoxy) is 1. The van der Waals surface area contributed by atoms with Crippen LogP contribution in [0.1, 0.15) is 27.8 Å². The van der Waals surface area contributed by atoms with E-state index in [1.165, 1.54) is 22.3 Å². The molecule has 2 aromatic carbocycles. The number of aryl methyl sites for hydroxylation is 3. The van der Waals surface area contributed by atoms with Gasteiger partial charge in [-0.05, 0) is 61.1 Å². The highest BCUT2D eigenvalue weighted by atomic mass is 16.5. The quantitative estimate of drug-likeness (QED) is 0.838. The van der Waals surface area contributed by atoms with E-state index in [1.807, 2.05) is 24.3 Å². The number of hydrogen-bond acceptors (Lipinski definition) is 2. The molecule has 0 spiro atoms. The van der Waals surface area contributed by atoms with Crippen molar-refractivity contribution in [3.63, 3.8) is 0 Å². The van der Waals surface area contributed by atoms with Gasteiger partial charge in [0.2, 0.25) is 0 Å². The molecule has 0 fully saturated rings. The monoisotopic (exact) mass is 265 g/mol. The maximum atomic E-state index is 8.79. The smallest absolute Gasteiger partial charge is 0.125 e. The summed E-state index contributed by atoms with van der Waals surface area (Å²) in [5.74, 6) is 0.999. The van der Waals surface area contributed by atoms with Gasteiger partial charge in [-0.1, -0.05) is 24.3 Å². The van der Waals surface area contributed by atoms with Crippen molar-refractivity contribution in [3.8, 4) is 11.8 Å². The molecule has 0 unspecified atom stereocenters. The molecule has 2 nitrogen and oxygen atoms in total. The predicted molar refractivity (Wildman–Crippen MR) is 81.0 cm³/mol. The molecule has 0 atom stereocenters. The highest BCUT2D eigenvalue weighted by Crippen LogP contribution is 2.27. The lowest BCUT2D eigenvalue weighted by Crippen LogP contribution is -1.99. The fourth-order valence-corrected chi connectivity index (χ4v) is 2.35. The predicted octanol–water partition coefficient (Wildman–Crippen LogP) is 3.97. The summed E-state index contributed by atoms with van der Waals surface area (Å²) in [5.41, 5.74) is 5.65. The summed E-state index contributed by atoms with van der Waals surface area (Å²) in [6, 6.07) is 14.2. The molecule has 0 heterocycles. The number of nitrogens with zero attached hydrogens (tertiary/aromatic N) is 1. The Balaban J connectivity index is 2.14. The zero-order chi connectivity index (χ0) is 14.5. The van der Waals surface area contributed by atoms with Crippen LogP contribution in [0.3, 0.4) is 0 Å². The van der Waals surface area contributed by atoms with E-state index in [2.05, 4.69) is 32.0 Å². The Labute approximate surface area is 120 Å². The van der Waals surface area contributed by atoms with Crippen LogP contribution in [-0.4, -0.2) is 7.11 Å². The lowest BCUT2D eigenvalue weighted by Gasteiger charge is -2.13. The summed E-state index contributed by atoms with van der Waals surface area (Å²) in [4.78, 5) is 0. The van der Waals surface area contributed by atoms with Gasteiger partial charge in [0.25, 0.3) is 0 Å². The minimum atomic E-state index is 0.706. The first-order valence-electron chi connectivity index (χ1n) is 6.78. The number of hydrogen-bond donors (Lipinski definition) is 0. The zero-order valence-corrected chi connectivity index (χ0v) is 12.2. The van der Waals surface area contributed by atoms with E-state index in [9.17, 15) is 0 Å². The van der Waals surface area contributed by atoms with Crippen LogP contribution in [0, 0.1) is 25.2 Å². The Kier molecular flexibility index (Phi) is 4.42. The minimum absolute atomic E-state index is 0.706. The number of benzene rings is 2. The van der Waals surface area contributed by atoms with Gasteiger partial charge < -0.3 is 4.74 Å². The molecule has 0 amide bonds. The first-order valence-corrected chi connectivity index (χ1v) is 6.78. The summed E-state index contributed by atoms with van der Waals surface area (Å²) in [7, 11) is 1.73. The van der Waals surface area contributed by atoms with E-state index < -0.39 is 0 Å². The fourth-order valence-electron chi connectivity index (χ4n) is 2.35. The van der Waals surface area contributed by atoms with Gasteiger partial charge in [-0.15, -0.1) is 0 Å². The zero-order valence-electron chi connectivity index (χ0n) is 12.2. The van der Waals surface area contributed by atoms with Crippen LogP contribution in [-0.2, 0) is 12.8 Å². The average Bonchev–Trinajstić information content (AvgIpc) is 2.49. The summed E-state index contributed by atoms with van der Waals surface area (Å²) in [5, 5.41) is 8.79. The number of nitriles is 1. The SMILES string of the molecule is COc1c(CCc2ccc(C#N)cc2)ccc(C)c1C. The first-order chi connectivity index (χ1) is 9.65. The van der Waals surface area contributed by atoms with Gasteiger partial charge in [0.05, 0.1) is 18.7 Å². The summed E-state index contributed by atoms with van der Waals surface area (Å²) < 4.78 is 5.54. The van der Waals surface area contributed by atoms with Crippen LogP contribution in [0.2, 0.25) is 0 Å². The fraction of sp³-hybridized carbons (Fsp3) is 0.278. The van der Waals surface area contributed by atoms with Crippen LogP contribution in [0.25, 0.3) is 0 Å². The van der Waals surface area contributed by atoms with Crippen molar-refractivity contribution < 1.29 is 4.74 Å². The second-order valence-corrected chi connectivity index (χ2v) is 5.01. The van der Waals surface area contributed by atoms with E-state index in [1.54, 1.807) is 7.11 Å². The number of methoxy groups -OCH3 is 1. The molecule has 0 aliphatic rings. The maximum Gasteiger partial charge on any atom is 0.125 e. The molecule has 2 heteroatoms. The molecule has 0 aromatic heterocycles. The van der Waals surface area contributed by atoms with Gasteiger partial charge in [0.15, 0.2) is 0 Å². The molecule has 0 saturated carbocycles. The van der Waals surface area contributed by atoms with Gasteiger partial charge in [-0.25, -0.2) is 0 Å². The van der Waals surface area contributed by atoms with Crippen molar-refractivity contribution in [1.29, 1.82) is 5.26 Å². The van der Waals surface area contributed by atoms with Crippen LogP contribution >= 0.6 is 0 Å². The van der Waals surface area contributed by atoms with Crippen molar-refractivity contribution in [2.45, 2.75) is 26.7 Å². The van der Waals surface area contributed by atoms with Crippen molar-refractivity contribution >= 4 is 0 Å². The molecule has 0 aliphatic carbocycles. The summed E-state index contributed by atoms with van der Waals surface area (Å²) in [6.07, 6.45) is 1.89. The molecule has 20 heavy (non-hydrogen) atoms. The van der Waals surface area contributed by atoms with E-state index >= 15 is 0 Å². The molecule has 2 rings (SSSR count). The Bertz CT molecular complexity index is 636.